The number of carbonyl (C=O) groups is 1. The summed E-state index contributed by atoms with van der Waals surface area (Å²) in [6.07, 6.45) is 1.35. The van der Waals surface area contributed by atoms with E-state index >= 15 is 0 Å². The molecule has 1 amide bonds. The zero-order valence-corrected chi connectivity index (χ0v) is 12.8. The van der Waals surface area contributed by atoms with Gasteiger partial charge in [0.25, 0.3) is 15.9 Å². The van der Waals surface area contributed by atoms with Gasteiger partial charge in [-0.2, -0.15) is 0 Å². The Morgan fingerprint density at radius 1 is 1.25 bits per heavy atom. The lowest BCUT2D eigenvalue weighted by atomic mass is 10.2. The van der Waals surface area contributed by atoms with Gasteiger partial charge in [-0.3, -0.25) is 10.2 Å². The molecular weight excluding hydrogens is 348 g/mol. The second kappa shape index (κ2) is 5.78. The number of hydrazine groups is 1. The van der Waals surface area contributed by atoms with E-state index in [1.807, 2.05) is 4.83 Å². The minimum atomic E-state index is -3.85. The van der Waals surface area contributed by atoms with Gasteiger partial charge >= 0.3 is 0 Å². The minimum Gasteiger partial charge on any atom is -0.469 e. The van der Waals surface area contributed by atoms with E-state index in [1.54, 1.807) is 25.1 Å². The highest BCUT2D eigenvalue weighted by atomic mass is 79.9. The highest BCUT2D eigenvalue weighted by Crippen LogP contribution is 2.20. The van der Waals surface area contributed by atoms with Crippen LogP contribution in [0.3, 0.4) is 0 Å². The van der Waals surface area contributed by atoms with Crippen molar-refractivity contribution < 1.29 is 17.6 Å². The smallest absolute Gasteiger partial charge is 0.269 e. The van der Waals surface area contributed by atoms with Crippen LogP contribution in [0, 0.1) is 6.92 Å². The molecule has 6 nitrogen and oxygen atoms in total. The zero-order chi connectivity index (χ0) is 14.8. The lowest BCUT2D eigenvalue weighted by molar-refractivity contribution is 0.0943. The van der Waals surface area contributed by atoms with Crippen LogP contribution in [0.4, 0.5) is 0 Å². The van der Waals surface area contributed by atoms with Crippen molar-refractivity contribution in [2.24, 2.45) is 0 Å². The number of hydrogen-bond donors (Lipinski definition) is 2. The van der Waals surface area contributed by atoms with Crippen molar-refractivity contribution in [1.29, 1.82) is 0 Å². The van der Waals surface area contributed by atoms with Crippen molar-refractivity contribution in [3.63, 3.8) is 0 Å². The molecular formula is C12H11BrN2O4S. The van der Waals surface area contributed by atoms with Crippen molar-refractivity contribution in [1.82, 2.24) is 10.3 Å². The average molecular weight is 359 g/mol. The standard InChI is InChI=1S/C12H11BrN2O4S/c1-8-9(6-7-19-8)12(16)14-15-20(17,18)11-5-3-2-4-10(11)13/h2-7,15H,1H3,(H,14,16). The Labute approximate surface area is 124 Å². The van der Waals surface area contributed by atoms with Gasteiger partial charge in [0, 0.05) is 4.47 Å². The predicted molar refractivity (Wildman–Crippen MR) is 75.4 cm³/mol. The van der Waals surface area contributed by atoms with Gasteiger partial charge in [0.2, 0.25) is 0 Å². The first-order chi connectivity index (χ1) is 9.42. The lowest BCUT2D eigenvalue weighted by Gasteiger charge is -2.09. The van der Waals surface area contributed by atoms with Crippen molar-refractivity contribution in [2.75, 3.05) is 0 Å². The van der Waals surface area contributed by atoms with Crippen LogP contribution in [0.2, 0.25) is 0 Å². The molecule has 0 aliphatic heterocycles. The molecule has 0 aliphatic rings. The Balaban J connectivity index is 2.13. The van der Waals surface area contributed by atoms with Crippen LogP contribution in [0.5, 0.6) is 0 Å². The lowest BCUT2D eigenvalue weighted by Crippen LogP contribution is -2.41. The molecule has 1 heterocycles. The molecule has 2 rings (SSSR count). The first-order valence-electron chi connectivity index (χ1n) is 5.52. The van der Waals surface area contributed by atoms with Crippen LogP contribution < -0.4 is 10.3 Å². The van der Waals surface area contributed by atoms with E-state index in [0.29, 0.717) is 10.2 Å². The Hall–Kier alpha value is -1.64. The number of benzene rings is 1. The molecule has 0 atom stereocenters. The Morgan fingerprint density at radius 3 is 2.55 bits per heavy atom. The number of sulfonamides is 1. The van der Waals surface area contributed by atoms with Crippen LogP contribution >= 0.6 is 15.9 Å². The molecule has 106 valence electrons. The Bertz CT molecular complexity index is 739. The third-order valence-electron chi connectivity index (χ3n) is 2.53. The number of halogens is 1. The summed E-state index contributed by atoms with van der Waals surface area (Å²) < 4.78 is 29.4. The van der Waals surface area contributed by atoms with Gasteiger partial charge in [-0.15, -0.1) is 4.83 Å². The van der Waals surface area contributed by atoms with Gasteiger partial charge in [0.05, 0.1) is 16.7 Å². The fourth-order valence-electron chi connectivity index (χ4n) is 1.52. The van der Waals surface area contributed by atoms with E-state index in [0.717, 1.165) is 0 Å². The van der Waals surface area contributed by atoms with Crippen molar-refractivity contribution in [2.45, 2.75) is 11.8 Å². The topological polar surface area (TPSA) is 88.4 Å². The quantitative estimate of drug-likeness (QED) is 0.817. The molecule has 1 aromatic heterocycles. The molecule has 0 saturated heterocycles. The van der Waals surface area contributed by atoms with Gasteiger partial charge in [-0.25, -0.2) is 8.42 Å². The minimum absolute atomic E-state index is 0.0317. The maximum Gasteiger partial charge on any atom is 0.269 e. The van der Waals surface area contributed by atoms with E-state index < -0.39 is 15.9 Å². The SMILES string of the molecule is Cc1occc1C(=O)NNS(=O)(=O)c1ccccc1Br. The Morgan fingerprint density at radius 2 is 1.95 bits per heavy atom. The Kier molecular flexibility index (Phi) is 4.26. The number of amides is 1. The summed E-state index contributed by atoms with van der Waals surface area (Å²) in [5.74, 6) is -0.186. The van der Waals surface area contributed by atoms with E-state index in [4.69, 9.17) is 4.42 Å². The number of aryl methyl sites for hydroxylation is 1. The van der Waals surface area contributed by atoms with E-state index in [-0.39, 0.29) is 10.5 Å². The van der Waals surface area contributed by atoms with E-state index in [2.05, 4.69) is 21.4 Å². The summed E-state index contributed by atoms with van der Waals surface area (Å²) in [4.78, 5) is 13.8. The van der Waals surface area contributed by atoms with Gasteiger partial charge in [0.15, 0.2) is 0 Å². The normalized spacial score (nSPS) is 11.3. The van der Waals surface area contributed by atoms with Crippen LogP contribution in [0.15, 0.2) is 50.4 Å². The average Bonchev–Trinajstić information content (AvgIpc) is 2.83. The van der Waals surface area contributed by atoms with Gasteiger partial charge in [-0.05, 0) is 41.1 Å². The molecule has 0 bridgehead atoms. The zero-order valence-electron chi connectivity index (χ0n) is 10.4. The molecule has 1 aromatic carbocycles. The largest absolute Gasteiger partial charge is 0.469 e. The van der Waals surface area contributed by atoms with Gasteiger partial charge in [-0.1, -0.05) is 12.1 Å². The molecule has 0 fully saturated rings. The number of hydrogen-bond acceptors (Lipinski definition) is 4. The van der Waals surface area contributed by atoms with E-state index in [9.17, 15) is 13.2 Å². The molecule has 0 spiro atoms. The van der Waals surface area contributed by atoms with Crippen LogP contribution in [-0.2, 0) is 10.0 Å². The molecule has 0 aliphatic carbocycles. The van der Waals surface area contributed by atoms with Crippen molar-refractivity contribution in [3.8, 4) is 0 Å². The molecule has 2 N–H and O–H groups in total. The summed E-state index contributed by atoms with van der Waals surface area (Å²) in [6, 6.07) is 7.74. The number of furan rings is 1. The third-order valence-corrected chi connectivity index (χ3v) is 4.79. The summed E-state index contributed by atoms with van der Waals surface area (Å²) in [7, 11) is -3.85. The van der Waals surface area contributed by atoms with Gasteiger partial charge in [0.1, 0.15) is 5.76 Å². The van der Waals surface area contributed by atoms with Crippen molar-refractivity contribution >= 4 is 31.9 Å². The molecule has 20 heavy (non-hydrogen) atoms. The molecule has 0 unspecified atom stereocenters. The van der Waals surface area contributed by atoms with Crippen molar-refractivity contribution in [3.05, 3.63) is 52.4 Å². The summed E-state index contributed by atoms with van der Waals surface area (Å²) in [6.45, 7) is 1.61. The van der Waals surface area contributed by atoms with E-state index in [1.165, 1.54) is 18.4 Å². The predicted octanol–water partition coefficient (Wildman–Crippen LogP) is 1.97. The summed E-state index contributed by atoms with van der Waals surface area (Å²) in [5, 5.41) is 0. The second-order valence-corrected chi connectivity index (χ2v) is 6.39. The molecule has 0 radical (unpaired) electrons. The van der Waals surface area contributed by atoms with Crippen LogP contribution in [-0.4, -0.2) is 14.3 Å². The fraction of sp³-hybridized carbons (Fsp3) is 0.0833. The molecule has 8 heteroatoms. The molecule has 2 aromatic rings. The van der Waals surface area contributed by atoms with Crippen LogP contribution in [0.25, 0.3) is 0 Å². The first-order valence-corrected chi connectivity index (χ1v) is 7.80. The maximum atomic E-state index is 12.0. The number of rotatable bonds is 4. The fourth-order valence-corrected chi connectivity index (χ4v) is 3.36. The first kappa shape index (κ1) is 14.8. The number of carbonyl (C=O) groups excluding carboxylic acids is 1. The highest BCUT2D eigenvalue weighted by Gasteiger charge is 2.19. The third kappa shape index (κ3) is 3.09. The van der Waals surface area contributed by atoms with Crippen LogP contribution in [0.1, 0.15) is 16.1 Å². The monoisotopic (exact) mass is 358 g/mol. The summed E-state index contributed by atoms with van der Waals surface area (Å²) >= 11 is 3.14. The highest BCUT2D eigenvalue weighted by molar-refractivity contribution is 9.10. The maximum absolute atomic E-state index is 12.0. The number of nitrogens with one attached hydrogen (secondary N) is 2. The second-order valence-electron chi connectivity index (χ2n) is 3.88. The summed E-state index contributed by atoms with van der Waals surface area (Å²) in [5.41, 5.74) is 2.40. The van der Waals surface area contributed by atoms with Gasteiger partial charge < -0.3 is 4.42 Å². The molecule has 0 saturated carbocycles.